The Hall–Kier alpha value is -2.02. The molecule has 2 rings (SSSR count). The summed E-state index contributed by atoms with van der Waals surface area (Å²) in [4.78, 5) is 26.3. The minimum atomic E-state index is -0.157. The van der Waals surface area contributed by atoms with E-state index in [1.54, 1.807) is 30.5 Å². The number of urea groups is 1. The SMILES string of the molecule is Cc1cnc(CNC(=O)N(C)C(C)c2nccs2)cn1. The molecule has 106 valence electrons. The first kappa shape index (κ1) is 14.4. The van der Waals surface area contributed by atoms with E-state index < -0.39 is 0 Å². The van der Waals surface area contributed by atoms with Crippen molar-refractivity contribution < 1.29 is 4.79 Å². The Kier molecular flexibility index (Phi) is 4.62. The lowest BCUT2D eigenvalue weighted by Gasteiger charge is -2.23. The summed E-state index contributed by atoms with van der Waals surface area (Å²) in [6, 6.07) is -0.214. The van der Waals surface area contributed by atoms with Gasteiger partial charge in [-0.25, -0.2) is 9.78 Å². The van der Waals surface area contributed by atoms with Crippen LogP contribution in [0.1, 0.15) is 29.4 Å². The quantitative estimate of drug-likeness (QED) is 0.937. The number of amides is 2. The molecule has 2 heterocycles. The smallest absolute Gasteiger partial charge is 0.318 e. The van der Waals surface area contributed by atoms with Crippen molar-refractivity contribution in [2.45, 2.75) is 26.4 Å². The lowest BCUT2D eigenvalue weighted by molar-refractivity contribution is 0.193. The topological polar surface area (TPSA) is 71.0 Å². The molecular formula is C13H17N5OS. The number of nitrogens with zero attached hydrogens (tertiary/aromatic N) is 4. The van der Waals surface area contributed by atoms with E-state index in [9.17, 15) is 4.79 Å². The largest absolute Gasteiger partial charge is 0.332 e. The summed E-state index contributed by atoms with van der Waals surface area (Å²) in [5.41, 5.74) is 1.59. The summed E-state index contributed by atoms with van der Waals surface area (Å²) in [5.74, 6) is 0. The van der Waals surface area contributed by atoms with Gasteiger partial charge in [0.25, 0.3) is 0 Å². The third-order valence-corrected chi connectivity index (χ3v) is 3.91. The molecule has 0 aromatic carbocycles. The van der Waals surface area contributed by atoms with Crippen molar-refractivity contribution in [1.29, 1.82) is 0 Å². The van der Waals surface area contributed by atoms with Gasteiger partial charge in [-0.1, -0.05) is 0 Å². The first-order chi connectivity index (χ1) is 9.58. The van der Waals surface area contributed by atoms with Crippen molar-refractivity contribution in [2.24, 2.45) is 0 Å². The summed E-state index contributed by atoms with van der Waals surface area (Å²) < 4.78 is 0. The van der Waals surface area contributed by atoms with Crippen LogP contribution >= 0.6 is 11.3 Å². The number of hydrogen-bond donors (Lipinski definition) is 1. The van der Waals surface area contributed by atoms with Gasteiger partial charge in [0.05, 0.1) is 30.2 Å². The Bertz CT molecular complexity index is 555. The second-order valence-electron chi connectivity index (χ2n) is 4.47. The molecule has 0 aliphatic carbocycles. The van der Waals surface area contributed by atoms with Gasteiger partial charge in [-0.15, -0.1) is 11.3 Å². The van der Waals surface area contributed by atoms with Crippen molar-refractivity contribution in [3.8, 4) is 0 Å². The van der Waals surface area contributed by atoms with Crippen LogP contribution in [0.3, 0.4) is 0 Å². The molecule has 2 aromatic rings. The molecule has 0 radical (unpaired) electrons. The minimum absolute atomic E-state index is 0.0564. The Morgan fingerprint density at radius 2 is 2.20 bits per heavy atom. The molecule has 0 saturated carbocycles. The molecule has 6 nitrogen and oxygen atoms in total. The zero-order chi connectivity index (χ0) is 14.5. The third-order valence-electron chi connectivity index (χ3n) is 2.97. The first-order valence-corrected chi connectivity index (χ1v) is 7.13. The Morgan fingerprint density at radius 1 is 1.40 bits per heavy atom. The van der Waals surface area contributed by atoms with Crippen molar-refractivity contribution in [2.75, 3.05) is 7.05 Å². The number of thiazole rings is 1. The molecule has 0 aliphatic rings. The summed E-state index contributed by atoms with van der Waals surface area (Å²) in [6.07, 6.45) is 5.09. The molecule has 2 aromatic heterocycles. The third kappa shape index (κ3) is 3.51. The summed E-state index contributed by atoms with van der Waals surface area (Å²) >= 11 is 1.54. The molecule has 7 heteroatoms. The number of hydrogen-bond acceptors (Lipinski definition) is 5. The number of carbonyl (C=O) groups excluding carboxylic acids is 1. The van der Waals surface area contributed by atoms with Crippen LogP contribution < -0.4 is 5.32 Å². The monoisotopic (exact) mass is 291 g/mol. The maximum atomic E-state index is 12.1. The van der Waals surface area contributed by atoms with E-state index in [1.807, 2.05) is 19.2 Å². The fourth-order valence-electron chi connectivity index (χ4n) is 1.58. The van der Waals surface area contributed by atoms with E-state index in [1.165, 1.54) is 11.3 Å². The Balaban J connectivity index is 1.89. The molecule has 0 fully saturated rings. The van der Waals surface area contributed by atoms with Crippen molar-refractivity contribution in [3.63, 3.8) is 0 Å². The molecule has 0 spiro atoms. The lowest BCUT2D eigenvalue weighted by atomic mass is 10.3. The maximum absolute atomic E-state index is 12.1. The van der Waals surface area contributed by atoms with Gasteiger partial charge in [-0.2, -0.15) is 0 Å². The van der Waals surface area contributed by atoms with E-state index in [4.69, 9.17) is 0 Å². The molecule has 0 saturated heterocycles. The zero-order valence-electron chi connectivity index (χ0n) is 11.7. The van der Waals surface area contributed by atoms with Gasteiger partial charge in [-0.05, 0) is 13.8 Å². The van der Waals surface area contributed by atoms with Crippen LogP contribution in [0.4, 0.5) is 4.79 Å². The highest BCUT2D eigenvalue weighted by Crippen LogP contribution is 2.20. The number of aromatic nitrogens is 3. The van der Waals surface area contributed by atoms with Crippen molar-refractivity contribution in [3.05, 3.63) is 40.4 Å². The van der Waals surface area contributed by atoms with Crippen LogP contribution in [0.5, 0.6) is 0 Å². The van der Waals surface area contributed by atoms with Crippen molar-refractivity contribution in [1.82, 2.24) is 25.2 Å². The normalized spacial score (nSPS) is 11.9. The fourth-order valence-corrected chi connectivity index (χ4v) is 2.32. The van der Waals surface area contributed by atoms with Gasteiger partial charge in [-0.3, -0.25) is 9.97 Å². The van der Waals surface area contributed by atoms with Gasteiger partial charge < -0.3 is 10.2 Å². The molecule has 0 bridgehead atoms. The number of rotatable bonds is 4. The average molecular weight is 291 g/mol. The fraction of sp³-hybridized carbons (Fsp3) is 0.385. The van der Waals surface area contributed by atoms with E-state index >= 15 is 0 Å². The Labute approximate surface area is 121 Å². The van der Waals surface area contributed by atoms with Gasteiger partial charge in [0.2, 0.25) is 0 Å². The van der Waals surface area contributed by atoms with E-state index in [0.717, 1.165) is 16.4 Å². The molecule has 1 unspecified atom stereocenters. The average Bonchev–Trinajstić information content (AvgIpc) is 2.99. The molecule has 0 aliphatic heterocycles. The molecule has 2 amide bonds. The van der Waals surface area contributed by atoms with Crippen LogP contribution in [0.15, 0.2) is 24.0 Å². The summed E-state index contributed by atoms with van der Waals surface area (Å²) in [5, 5.41) is 5.64. The van der Waals surface area contributed by atoms with Crippen LogP contribution in [0.25, 0.3) is 0 Å². The number of aryl methyl sites for hydroxylation is 1. The number of carbonyl (C=O) groups is 1. The van der Waals surface area contributed by atoms with Crippen LogP contribution in [-0.2, 0) is 6.54 Å². The Morgan fingerprint density at radius 3 is 2.80 bits per heavy atom. The predicted octanol–water partition coefficient (Wildman–Crippen LogP) is 2.14. The lowest BCUT2D eigenvalue weighted by Crippen LogP contribution is -2.38. The van der Waals surface area contributed by atoms with Crippen molar-refractivity contribution >= 4 is 17.4 Å². The van der Waals surface area contributed by atoms with Crippen LogP contribution in [0, 0.1) is 6.92 Å². The maximum Gasteiger partial charge on any atom is 0.318 e. The zero-order valence-corrected chi connectivity index (χ0v) is 12.5. The minimum Gasteiger partial charge on any atom is -0.332 e. The van der Waals surface area contributed by atoms with E-state index in [0.29, 0.717) is 6.54 Å². The number of nitrogens with one attached hydrogen (secondary N) is 1. The highest BCUT2D eigenvalue weighted by Gasteiger charge is 2.18. The predicted molar refractivity (Wildman–Crippen MR) is 77.3 cm³/mol. The first-order valence-electron chi connectivity index (χ1n) is 6.25. The van der Waals surface area contributed by atoms with E-state index in [2.05, 4.69) is 20.3 Å². The standard InChI is InChI=1S/C13H17N5OS/c1-9-6-16-11(7-15-9)8-17-13(19)18(3)10(2)12-14-4-5-20-12/h4-7,10H,8H2,1-3H3,(H,17,19). The molecular weight excluding hydrogens is 274 g/mol. The second-order valence-corrected chi connectivity index (χ2v) is 5.39. The highest BCUT2D eigenvalue weighted by atomic mass is 32.1. The molecule has 1 atom stereocenters. The second kappa shape index (κ2) is 6.42. The molecule has 1 N–H and O–H groups in total. The summed E-state index contributed by atoms with van der Waals surface area (Å²) in [7, 11) is 1.75. The molecule has 20 heavy (non-hydrogen) atoms. The van der Waals surface area contributed by atoms with Crippen LogP contribution in [-0.4, -0.2) is 32.9 Å². The van der Waals surface area contributed by atoms with E-state index in [-0.39, 0.29) is 12.1 Å². The van der Waals surface area contributed by atoms with Gasteiger partial charge >= 0.3 is 6.03 Å². The summed E-state index contributed by atoms with van der Waals surface area (Å²) in [6.45, 7) is 4.18. The van der Waals surface area contributed by atoms with Gasteiger partial charge in [0.1, 0.15) is 5.01 Å². The highest BCUT2D eigenvalue weighted by molar-refractivity contribution is 7.09. The van der Waals surface area contributed by atoms with Crippen LogP contribution in [0.2, 0.25) is 0 Å². The van der Waals surface area contributed by atoms with Gasteiger partial charge in [0.15, 0.2) is 0 Å². The van der Waals surface area contributed by atoms with Gasteiger partial charge in [0, 0.05) is 24.8 Å².